The molecule has 0 fully saturated rings. The van der Waals surface area contributed by atoms with Crippen molar-refractivity contribution in [3.63, 3.8) is 0 Å². The summed E-state index contributed by atoms with van der Waals surface area (Å²) in [5.74, 6) is 0.233. The van der Waals surface area contributed by atoms with E-state index < -0.39 is 0 Å². The zero-order chi connectivity index (χ0) is 18.7. The molecule has 0 aliphatic carbocycles. The first-order valence-corrected chi connectivity index (χ1v) is 9.71. The number of anilines is 2. The first kappa shape index (κ1) is 18.2. The molecule has 3 aromatic rings. The van der Waals surface area contributed by atoms with Crippen LogP contribution in [-0.4, -0.2) is 17.1 Å². The van der Waals surface area contributed by atoms with Gasteiger partial charge in [0.2, 0.25) is 0 Å². The highest BCUT2D eigenvalue weighted by molar-refractivity contribution is 7.98. The lowest BCUT2D eigenvalue weighted by atomic mass is 10.1. The van der Waals surface area contributed by atoms with Gasteiger partial charge in [0.15, 0.2) is 5.13 Å². The smallest absolute Gasteiger partial charge is 0.259 e. The summed E-state index contributed by atoms with van der Waals surface area (Å²) in [5, 5.41) is 5.07. The first-order chi connectivity index (χ1) is 12.5. The normalized spacial score (nSPS) is 10.6. The number of thioether (sulfide) groups is 1. The largest absolute Gasteiger partial charge is 0.456 e. The van der Waals surface area contributed by atoms with Gasteiger partial charge in [-0.3, -0.25) is 10.1 Å². The maximum absolute atomic E-state index is 13.4. The van der Waals surface area contributed by atoms with Gasteiger partial charge >= 0.3 is 0 Å². The maximum atomic E-state index is 13.4. The van der Waals surface area contributed by atoms with Gasteiger partial charge in [-0.2, -0.15) is 0 Å². The third kappa shape index (κ3) is 4.14. The van der Waals surface area contributed by atoms with E-state index in [4.69, 9.17) is 10.5 Å². The Morgan fingerprint density at radius 1 is 1.31 bits per heavy atom. The minimum atomic E-state index is -0.369. The van der Waals surface area contributed by atoms with Gasteiger partial charge in [-0.05, 0) is 49.6 Å². The average Bonchev–Trinajstić information content (AvgIpc) is 3.02. The molecule has 1 aromatic heterocycles. The van der Waals surface area contributed by atoms with Gasteiger partial charge < -0.3 is 10.5 Å². The molecule has 1 heterocycles. The summed E-state index contributed by atoms with van der Waals surface area (Å²) in [5.41, 5.74) is 7.37. The van der Waals surface area contributed by atoms with E-state index in [1.165, 1.54) is 35.2 Å². The number of rotatable bonds is 5. The van der Waals surface area contributed by atoms with E-state index in [1.807, 2.05) is 18.6 Å². The number of nitrogen functional groups attached to an aromatic ring is 1. The third-order valence-electron chi connectivity index (χ3n) is 3.46. The molecule has 8 heteroatoms. The lowest BCUT2D eigenvalue weighted by molar-refractivity contribution is 0.102. The molecule has 1 amide bonds. The summed E-state index contributed by atoms with van der Waals surface area (Å²) in [6.45, 7) is 1.85. The predicted molar refractivity (Wildman–Crippen MR) is 104 cm³/mol. The number of hydrogen-bond donors (Lipinski definition) is 2. The standard InChI is InChI=1S/C18H16FN3O2S2/c1-10-9-26-18(21-10)22-17(23)13-8-12(4-5-14(13)20)24-15-6-3-11(19)7-16(15)25-2/h3-9H,20H2,1-2H3,(H,21,22,23). The summed E-state index contributed by atoms with van der Waals surface area (Å²) in [6.07, 6.45) is 1.83. The number of benzene rings is 2. The van der Waals surface area contributed by atoms with Crippen LogP contribution in [0.1, 0.15) is 16.1 Å². The fourth-order valence-electron chi connectivity index (χ4n) is 2.22. The third-order valence-corrected chi connectivity index (χ3v) is 5.10. The van der Waals surface area contributed by atoms with E-state index in [-0.39, 0.29) is 17.3 Å². The molecule has 5 nitrogen and oxygen atoms in total. The van der Waals surface area contributed by atoms with Crippen molar-refractivity contribution in [1.29, 1.82) is 0 Å². The van der Waals surface area contributed by atoms with Crippen molar-refractivity contribution in [3.8, 4) is 11.5 Å². The molecule has 0 atom stereocenters. The Kier molecular flexibility index (Phi) is 5.43. The molecule has 26 heavy (non-hydrogen) atoms. The van der Waals surface area contributed by atoms with Crippen LogP contribution in [-0.2, 0) is 0 Å². The minimum Gasteiger partial charge on any atom is -0.456 e. The van der Waals surface area contributed by atoms with Crippen LogP contribution in [0.15, 0.2) is 46.7 Å². The van der Waals surface area contributed by atoms with Crippen LogP contribution < -0.4 is 15.8 Å². The van der Waals surface area contributed by atoms with Crippen molar-refractivity contribution in [2.24, 2.45) is 0 Å². The van der Waals surface area contributed by atoms with Crippen molar-refractivity contribution in [1.82, 2.24) is 4.98 Å². The SMILES string of the molecule is CSc1cc(F)ccc1Oc1ccc(N)c(C(=O)Nc2nc(C)cs2)c1. The van der Waals surface area contributed by atoms with Crippen molar-refractivity contribution < 1.29 is 13.9 Å². The van der Waals surface area contributed by atoms with Gasteiger partial charge in [0.25, 0.3) is 5.91 Å². The minimum absolute atomic E-state index is 0.281. The average molecular weight is 389 g/mol. The number of hydrogen-bond acceptors (Lipinski definition) is 6. The molecule has 0 saturated carbocycles. The number of aryl methyl sites for hydroxylation is 1. The molecule has 0 radical (unpaired) electrons. The Morgan fingerprint density at radius 2 is 2.12 bits per heavy atom. The Hall–Kier alpha value is -2.58. The Balaban J connectivity index is 1.84. The number of carbonyl (C=O) groups excluding carboxylic acids is 1. The van der Waals surface area contributed by atoms with Crippen molar-refractivity contribution in [2.75, 3.05) is 17.3 Å². The topological polar surface area (TPSA) is 77.2 Å². The van der Waals surface area contributed by atoms with E-state index in [1.54, 1.807) is 24.3 Å². The van der Waals surface area contributed by atoms with Crippen LogP contribution in [0.5, 0.6) is 11.5 Å². The number of carbonyl (C=O) groups is 1. The molecular formula is C18H16FN3O2S2. The second-order valence-electron chi connectivity index (χ2n) is 5.39. The van der Waals surface area contributed by atoms with Gasteiger partial charge in [0.05, 0.1) is 16.2 Å². The molecule has 0 bridgehead atoms. The van der Waals surface area contributed by atoms with Gasteiger partial charge in [0.1, 0.15) is 17.3 Å². The Labute approximate surface area is 158 Å². The number of nitrogens with zero attached hydrogens (tertiary/aromatic N) is 1. The first-order valence-electron chi connectivity index (χ1n) is 7.60. The summed E-state index contributed by atoms with van der Waals surface area (Å²) >= 11 is 2.71. The lowest BCUT2D eigenvalue weighted by Gasteiger charge is -2.12. The number of aromatic nitrogens is 1. The molecule has 134 valence electrons. The van der Waals surface area contributed by atoms with Crippen LogP contribution in [0.2, 0.25) is 0 Å². The van der Waals surface area contributed by atoms with Crippen LogP contribution in [0.25, 0.3) is 0 Å². The molecule has 0 spiro atoms. The number of ether oxygens (including phenoxy) is 1. The van der Waals surface area contributed by atoms with Gasteiger partial charge in [0, 0.05) is 11.1 Å². The van der Waals surface area contributed by atoms with Crippen LogP contribution in [0.4, 0.5) is 15.2 Å². The molecular weight excluding hydrogens is 373 g/mol. The molecule has 3 rings (SSSR count). The van der Waals surface area contributed by atoms with Gasteiger partial charge in [-0.1, -0.05) is 0 Å². The van der Waals surface area contributed by atoms with Crippen molar-refractivity contribution in [3.05, 3.63) is 58.9 Å². The highest BCUT2D eigenvalue weighted by Gasteiger charge is 2.14. The number of amides is 1. The summed E-state index contributed by atoms with van der Waals surface area (Å²) in [7, 11) is 0. The number of nitrogens with two attached hydrogens (primary N) is 1. The zero-order valence-corrected chi connectivity index (χ0v) is 15.7. The lowest BCUT2D eigenvalue weighted by Crippen LogP contribution is -2.14. The number of halogens is 1. The fraction of sp³-hybridized carbons (Fsp3) is 0.111. The summed E-state index contributed by atoms with van der Waals surface area (Å²) in [6, 6.07) is 9.08. The highest BCUT2D eigenvalue weighted by atomic mass is 32.2. The molecule has 3 N–H and O–H groups in total. The molecule has 0 aliphatic rings. The van der Waals surface area contributed by atoms with Gasteiger partial charge in [-0.15, -0.1) is 23.1 Å². The maximum Gasteiger partial charge on any atom is 0.259 e. The Morgan fingerprint density at radius 3 is 2.81 bits per heavy atom. The van der Waals surface area contributed by atoms with Crippen molar-refractivity contribution in [2.45, 2.75) is 11.8 Å². The second-order valence-corrected chi connectivity index (χ2v) is 7.10. The quantitative estimate of drug-likeness (QED) is 0.477. The van der Waals surface area contributed by atoms with E-state index in [0.717, 1.165) is 5.69 Å². The zero-order valence-electron chi connectivity index (χ0n) is 14.1. The second kappa shape index (κ2) is 7.76. The Bertz CT molecular complexity index is 959. The number of thiazole rings is 1. The van der Waals surface area contributed by atoms with Crippen LogP contribution in [0.3, 0.4) is 0 Å². The summed E-state index contributed by atoms with van der Waals surface area (Å²) in [4.78, 5) is 17.3. The van der Waals surface area contributed by atoms with Crippen LogP contribution >= 0.6 is 23.1 Å². The monoisotopic (exact) mass is 389 g/mol. The molecule has 0 unspecified atom stereocenters. The van der Waals surface area contributed by atoms with E-state index in [9.17, 15) is 9.18 Å². The van der Waals surface area contributed by atoms with Crippen molar-refractivity contribution >= 4 is 39.8 Å². The van der Waals surface area contributed by atoms with E-state index in [0.29, 0.717) is 27.2 Å². The summed E-state index contributed by atoms with van der Waals surface area (Å²) < 4.78 is 19.2. The highest BCUT2D eigenvalue weighted by Crippen LogP contribution is 2.33. The van der Waals surface area contributed by atoms with Gasteiger partial charge in [-0.25, -0.2) is 9.37 Å². The fourth-order valence-corrected chi connectivity index (χ4v) is 3.45. The molecule has 2 aromatic carbocycles. The van der Waals surface area contributed by atoms with E-state index in [2.05, 4.69) is 10.3 Å². The molecule has 0 saturated heterocycles. The predicted octanol–water partition coefficient (Wildman–Crippen LogP) is 4.94. The number of nitrogens with one attached hydrogen (secondary N) is 1. The van der Waals surface area contributed by atoms with E-state index >= 15 is 0 Å². The van der Waals surface area contributed by atoms with Crippen LogP contribution in [0, 0.1) is 12.7 Å². The molecule has 0 aliphatic heterocycles.